The summed E-state index contributed by atoms with van der Waals surface area (Å²) in [6, 6.07) is 13.7. The van der Waals surface area contributed by atoms with Gasteiger partial charge in [0.25, 0.3) is 5.91 Å². The fourth-order valence-electron chi connectivity index (χ4n) is 2.52. The summed E-state index contributed by atoms with van der Waals surface area (Å²) in [7, 11) is 0. The summed E-state index contributed by atoms with van der Waals surface area (Å²) in [5.74, 6) is -0.889. The zero-order valence-corrected chi connectivity index (χ0v) is 14.8. The van der Waals surface area contributed by atoms with Gasteiger partial charge in [-0.3, -0.25) is 9.78 Å². The number of aryl methyl sites for hydroxylation is 1. The highest BCUT2D eigenvalue weighted by molar-refractivity contribution is 6.31. The van der Waals surface area contributed by atoms with Crippen molar-refractivity contribution >= 4 is 34.6 Å². The van der Waals surface area contributed by atoms with Crippen molar-refractivity contribution in [2.24, 2.45) is 0 Å². The minimum absolute atomic E-state index is 0.0486. The van der Waals surface area contributed by atoms with Crippen LogP contribution in [0.5, 0.6) is 0 Å². The van der Waals surface area contributed by atoms with Gasteiger partial charge in [0.1, 0.15) is 5.82 Å². The summed E-state index contributed by atoms with van der Waals surface area (Å²) in [6.45, 7) is 2.08. The molecule has 132 valence electrons. The van der Waals surface area contributed by atoms with E-state index in [1.54, 1.807) is 12.3 Å². The second-order valence-electron chi connectivity index (χ2n) is 5.68. The highest BCUT2D eigenvalue weighted by atomic mass is 35.5. The Kier molecular flexibility index (Phi) is 5.49. The number of carbonyl (C=O) groups excluding carboxylic acids is 1. The van der Waals surface area contributed by atoms with Crippen molar-refractivity contribution in [2.75, 3.05) is 10.6 Å². The Morgan fingerprint density at radius 2 is 1.92 bits per heavy atom. The molecule has 1 aromatic heterocycles. The molecule has 3 aromatic rings. The number of nitrogens with zero attached hydrogens (tertiary/aromatic N) is 1. The third-order valence-electron chi connectivity index (χ3n) is 3.86. The molecule has 0 fully saturated rings. The van der Waals surface area contributed by atoms with Gasteiger partial charge in [-0.2, -0.15) is 0 Å². The van der Waals surface area contributed by atoms with Crippen molar-refractivity contribution in [3.05, 3.63) is 82.9 Å². The molecular formula is C20H17ClFN3O. The topological polar surface area (TPSA) is 54.0 Å². The summed E-state index contributed by atoms with van der Waals surface area (Å²) < 4.78 is 13.2. The largest absolute Gasteiger partial charge is 0.354 e. The molecule has 0 radical (unpaired) electrons. The second-order valence-corrected chi connectivity index (χ2v) is 6.09. The van der Waals surface area contributed by atoms with Gasteiger partial charge in [-0.15, -0.1) is 0 Å². The molecule has 0 saturated carbocycles. The zero-order valence-electron chi connectivity index (χ0n) is 14.1. The molecule has 26 heavy (non-hydrogen) atoms. The van der Waals surface area contributed by atoms with Crippen LogP contribution in [0.2, 0.25) is 5.02 Å². The van der Waals surface area contributed by atoms with Gasteiger partial charge < -0.3 is 10.6 Å². The van der Waals surface area contributed by atoms with Crippen molar-refractivity contribution < 1.29 is 9.18 Å². The summed E-state index contributed by atoms with van der Waals surface area (Å²) in [5, 5.41) is 5.92. The summed E-state index contributed by atoms with van der Waals surface area (Å²) in [4.78, 5) is 16.5. The number of pyridine rings is 1. The molecule has 3 rings (SSSR count). The lowest BCUT2D eigenvalue weighted by molar-refractivity contribution is 0.102. The number of para-hydroxylation sites is 1. The Morgan fingerprint density at radius 1 is 1.12 bits per heavy atom. The van der Waals surface area contributed by atoms with Crippen molar-refractivity contribution in [1.29, 1.82) is 0 Å². The fourth-order valence-corrected chi connectivity index (χ4v) is 2.70. The van der Waals surface area contributed by atoms with Crippen LogP contribution in [0.4, 0.5) is 21.5 Å². The lowest BCUT2D eigenvalue weighted by Gasteiger charge is -2.12. The van der Waals surface area contributed by atoms with Crippen LogP contribution in [0.3, 0.4) is 0 Å². The lowest BCUT2D eigenvalue weighted by Crippen LogP contribution is -2.12. The average molecular weight is 370 g/mol. The Morgan fingerprint density at radius 3 is 2.69 bits per heavy atom. The predicted octanol–water partition coefficient (Wildman–Crippen LogP) is 5.43. The van der Waals surface area contributed by atoms with Crippen molar-refractivity contribution in [2.45, 2.75) is 13.3 Å². The van der Waals surface area contributed by atoms with Gasteiger partial charge in [0.2, 0.25) is 0 Å². The zero-order chi connectivity index (χ0) is 18.5. The van der Waals surface area contributed by atoms with Crippen LogP contribution in [-0.2, 0) is 6.42 Å². The minimum atomic E-state index is -0.535. The number of benzene rings is 2. The molecule has 0 saturated heterocycles. The van der Waals surface area contributed by atoms with Gasteiger partial charge in [0.15, 0.2) is 0 Å². The van der Waals surface area contributed by atoms with Crippen LogP contribution in [0, 0.1) is 5.82 Å². The van der Waals surface area contributed by atoms with E-state index in [0.717, 1.165) is 12.1 Å². The van der Waals surface area contributed by atoms with E-state index in [2.05, 4.69) is 22.5 Å². The number of rotatable bonds is 5. The number of anilines is 3. The molecule has 2 N–H and O–H groups in total. The Hall–Kier alpha value is -2.92. The molecule has 0 aliphatic heterocycles. The van der Waals surface area contributed by atoms with Gasteiger partial charge in [-0.05, 0) is 42.3 Å². The number of aromatic nitrogens is 1. The molecule has 1 amide bonds. The maximum Gasteiger partial charge on any atom is 0.257 e. The first kappa shape index (κ1) is 17.9. The maximum atomic E-state index is 13.2. The molecule has 4 nitrogen and oxygen atoms in total. The quantitative estimate of drug-likeness (QED) is 0.630. The van der Waals surface area contributed by atoms with Gasteiger partial charge in [0.05, 0.1) is 22.5 Å². The molecular weight excluding hydrogens is 353 g/mol. The van der Waals surface area contributed by atoms with E-state index in [1.807, 2.05) is 24.3 Å². The monoisotopic (exact) mass is 369 g/mol. The summed E-state index contributed by atoms with van der Waals surface area (Å²) in [5.41, 5.74) is 3.64. The second kappa shape index (κ2) is 7.97. The first-order valence-electron chi connectivity index (χ1n) is 8.13. The third kappa shape index (κ3) is 4.18. The van der Waals surface area contributed by atoms with Crippen molar-refractivity contribution in [3.8, 4) is 0 Å². The molecule has 0 aliphatic rings. The van der Waals surface area contributed by atoms with E-state index in [1.165, 1.54) is 30.0 Å². The van der Waals surface area contributed by atoms with Crippen LogP contribution < -0.4 is 10.6 Å². The molecule has 0 bridgehead atoms. The maximum absolute atomic E-state index is 13.2. The number of amides is 1. The first-order chi connectivity index (χ1) is 12.6. The number of carbonyl (C=O) groups is 1. The summed E-state index contributed by atoms with van der Waals surface area (Å²) in [6.07, 6.45) is 4.01. The van der Waals surface area contributed by atoms with Crippen LogP contribution >= 0.6 is 11.6 Å². The Bertz CT molecular complexity index is 946. The summed E-state index contributed by atoms with van der Waals surface area (Å²) >= 11 is 5.74. The van der Waals surface area contributed by atoms with Crippen molar-refractivity contribution in [1.82, 2.24) is 4.98 Å². The standard InChI is InChI=1S/C20H17ClFN3O/c1-2-13-5-3-4-6-19(13)24-16-9-14(11-23-12-16)20(26)25-15-7-8-18(22)17(21)10-15/h3-12,24H,2H2,1H3,(H,25,26). The first-order valence-corrected chi connectivity index (χ1v) is 8.51. The highest BCUT2D eigenvalue weighted by Gasteiger charge is 2.10. The lowest BCUT2D eigenvalue weighted by atomic mass is 10.1. The molecule has 0 spiro atoms. The molecule has 6 heteroatoms. The van der Waals surface area contributed by atoms with E-state index in [-0.39, 0.29) is 10.9 Å². The van der Waals surface area contributed by atoms with E-state index in [9.17, 15) is 9.18 Å². The number of hydrogen-bond donors (Lipinski definition) is 2. The van der Waals surface area contributed by atoms with Crippen LogP contribution in [0.25, 0.3) is 0 Å². The van der Waals surface area contributed by atoms with Crippen LogP contribution in [0.1, 0.15) is 22.8 Å². The predicted molar refractivity (Wildman–Crippen MR) is 103 cm³/mol. The molecule has 0 atom stereocenters. The Labute approximate surface area is 156 Å². The van der Waals surface area contributed by atoms with Crippen LogP contribution in [0.15, 0.2) is 60.9 Å². The highest BCUT2D eigenvalue weighted by Crippen LogP contribution is 2.23. The average Bonchev–Trinajstić information content (AvgIpc) is 2.65. The Balaban J connectivity index is 1.78. The molecule has 1 heterocycles. The van der Waals surface area contributed by atoms with Gasteiger partial charge in [0, 0.05) is 17.6 Å². The number of hydrogen-bond acceptors (Lipinski definition) is 3. The van der Waals surface area contributed by atoms with Gasteiger partial charge in [-0.1, -0.05) is 36.7 Å². The minimum Gasteiger partial charge on any atom is -0.354 e. The number of nitrogens with one attached hydrogen (secondary N) is 2. The molecule has 0 aliphatic carbocycles. The van der Waals surface area contributed by atoms with Gasteiger partial charge >= 0.3 is 0 Å². The smallest absolute Gasteiger partial charge is 0.257 e. The van der Waals surface area contributed by atoms with Gasteiger partial charge in [-0.25, -0.2) is 4.39 Å². The third-order valence-corrected chi connectivity index (χ3v) is 4.14. The van der Waals surface area contributed by atoms with E-state index < -0.39 is 5.82 Å². The fraction of sp³-hybridized carbons (Fsp3) is 0.100. The van der Waals surface area contributed by atoms with E-state index in [0.29, 0.717) is 16.9 Å². The molecule has 2 aromatic carbocycles. The van der Waals surface area contributed by atoms with E-state index in [4.69, 9.17) is 11.6 Å². The SMILES string of the molecule is CCc1ccccc1Nc1cncc(C(=O)Nc2ccc(F)c(Cl)c2)c1. The normalized spacial score (nSPS) is 10.4. The van der Waals surface area contributed by atoms with E-state index >= 15 is 0 Å². The van der Waals surface area contributed by atoms with Crippen LogP contribution in [-0.4, -0.2) is 10.9 Å². The molecule has 0 unspecified atom stereocenters. The number of halogens is 2. The van der Waals surface area contributed by atoms with Crippen molar-refractivity contribution in [3.63, 3.8) is 0 Å².